The first-order chi connectivity index (χ1) is 26.2. The van der Waals surface area contributed by atoms with Crippen molar-refractivity contribution in [3.63, 3.8) is 0 Å². The molecular formula is C43H55ClN2O8S2. The van der Waals surface area contributed by atoms with Crippen LogP contribution in [0.25, 0.3) is 0 Å². The quantitative estimate of drug-likeness (QED) is 0.143. The van der Waals surface area contributed by atoms with Gasteiger partial charge in [0.05, 0.1) is 30.7 Å². The summed E-state index contributed by atoms with van der Waals surface area (Å²) in [4.78, 5) is 4.49. The predicted molar refractivity (Wildman–Crippen MR) is 225 cm³/mol. The normalized spacial score (nSPS) is 24.4. The summed E-state index contributed by atoms with van der Waals surface area (Å²) >= 11 is 0. The topological polar surface area (TPSA) is 145 Å². The second-order valence-electron chi connectivity index (χ2n) is 14.8. The van der Waals surface area contributed by atoms with Crippen LogP contribution in [0, 0.1) is 0 Å². The van der Waals surface area contributed by atoms with Crippen LogP contribution in [0.4, 0.5) is 22.7 Å². The lowest BCUT2D eigenvalue weighted by Crippen LogP contribution is -2.51. The highest BCUT2D eigenvalue weighted by molar-refractivity contribution is 8.13. The van der Waals surface area contributed by atoms with E-state index in [0.717, 1.165) is 75.3 Å². The molecule has 8 rings (SSSR count). The van der Waals surface area contributed by atoms with Crippen molar-refractivity contribution in [2.24, 2.45) is 0 Å². The Morgan fingerprint density at radius 2 is 0.875 bits per heavy atom. The Morgan fingerprint density at radius 3 is 1.23 bits per heavy atom. The van der Waals surface area contributed by atoms with E-state index in [2.05, 4.69) is 93.3 Å². The third kappa shape index (κ3) is 10.7. The number of fused-ring (bicyclic) bond motifs is 4. The molecule has 304 valence electrons. The molecule has 2 aliphatic heterocycles. The number of hydrogen-bond acceptors (Lipinski definition) is 10. The molecule has 10 nitrogen and oxygen atoms in total. The van der Waals surface area contributed by atoms with E-state index >= 15 is 0 Å². The van der Waals surface area contributed by atoms with E-state index in [0.29, 0.717) is 12.8 Å². The Balaban J connectivity index is 0.000000190. The number of nitrogens with zero attached hydrogens (tertiary/aromatic N) is 2. The summed E-state index contributed by atoms with van der Waals surface area (Å²) in [6.45, 7) is 0. The van der Waals surface area contributed by atoms with Crippen molar-refractivity contribution in [2.45, 2.75) is 108 Å². The van der Waals surface area contributed by atoms with E-state index < -0.39 is 43.6 Å². The molecule has 3 N–H and O–H groups in total. The summed E-state index contributed by atoms with van der Waals surface area (Å²) in [6.07, 6.45) is 7.62. The fourth-order valence-corrected chi connectivity index (χ4v) is 9.15. The molecule has 2 saturated carbocycles. The van der Waals surface area contributed by atoms with Gasteiger partial charge in [0.2, 0.25) is 9.05 Å². The van der Waals surface area contributed by atoms with Gasteiger partial charge >= 0.3 is 0 Å². The molecule has 0 bridgehead atoms. The first kappa shape index (κ1) is 43.6. The molecule has 4 aromatic rings. The lowest BCUT2D eigenvalue weighted by Gasteiger charge is -2.42. The molecule has 4 aromatic carbocycles. The van der Waals surface area contributed by atoms with Gasteiger partial charge in [0, 0.05) is 33.4 Å². The maximum absolute atomic E-state index is 11.6. The molecule has 0 radical (unpaired) electrons. The third-order valence-corrected chi connectivity index (χ3v) is 11.4. The smallest absolute Gasteiger partial charge is 0.264 e. The second kappa shape index (κ2) is 18.8. The van der Waals surface area contributed by atoms with Crippen LogP contribution in [0.2, 0.25) is 0 Å². The number of para-hydroxylation sites is 4. The van der Waals surface area contributed by atoms with Crippen LogP contribution in [0.15, 0.2) is 97.1 Å². The van der Waals surface area contributed by atoms with Crippen molar-refractivity contribution < 1.29 is 36.3 Å². The predicted octanol–water partition coefficient (Wildman–Crippen LogP) is 7.20. The Hall–Kier alpha value is -3.49. The third-order valence-electron chi connectivity index (χ3n) is 10.8. The van der Waals surface area contributed by atoms with E-state index in [-0.39, 0.29) is 19.5 Å². The van der Waals surface area contributed by atoms with Gasteiger partial charge in [0.25, 0.3) is 10.1 Å². The first-order valence-corrected chi connectivity index (χ1v) is 23.4. The number of halogens is 1. The lowest BCUT2D eigenvalue weighted by molar-refractivity contribution is -0.0204. The summed E-state index contributed by atoms with van der Waals surface area (Å²) in [7, 11) is -2.31. The maximum atomic E-state index is 11.6. The molecule has 2 fully saturated rings. The van der Waals surface area contributed by atoms with Crippen molar-refractivity contribution in [2.75, 3.05) is 22.3 Å². The molecule has 0 saturated heterocycles. The molecule has 6 atom stereocenters. The largest absolute Gasteiger partial charge is 0.390 e. The van der Waals surface area contributed by atoms with Gasteiger partial charge in [-0.1, -0.05) is 80.2 Å². The second-order valence-corrected chi connectivity index (χ2v) is 19.5. The minimum atomic E-state index is -3.62. The number of aryl methyl sites for hydroxylation is 4. The minimum Gasteiger partial charge on any atom is -0.390 e. The van der Waals surface area contributed by atoms with E-state index in [4.69, 9.17) is 4.18 Å². The van der Waals surface area contributed by atoms with Gasteiger partial charge in [-0.05, 0) is 111 Å². The molecule has 4 aliphatic rings. The number of rotatable bonds is 4. The number of aliphatic hydroxyl groups excluding tert-OH is 3. The van der Waals surface area contributed by atoms with Crippen LogP contribution in [-0.4, -0.2) is 81.2 Å². The molecule has 56 heavy (non-hydrogen) atoms. The fourth-order valence-electron chi connectivity index (χ4n) is 8.49. The van der Waals surface area contributed by atoms with Gasteiger partial charge in [-0.25, -0.2) is 8.42 Å². The fraction of sp³-hybridized carbons (Fsp3) is 0.442. The van der Waals surface area contributed by atoms with Crippen molar-refractivity contribution in [1.82, 2.24) is 0 Å². The Morgan fingerprint density at radius 1 is 0.554 bits per heavy atom. The lowest BCUT2D eigenvalue weighted by atomic mass is 9.88. The summed E-state index contributed by atoms with van der Waals surface area (Å²) in [6, 6.07) is 33.2. The van der Waals surface area contributed by atoms with E-state index in [1.165, 1.54) is 33.6 Å². The van der Waals surface area contributed by atoms with Crippen molar-refractivity contribution in [1.29, 1.82) is 0 Å². The van der Waals surface area contributed by atoms with E-state index in [1.807, 2.05) is 24.3 Å². The zero-order chi connectivity index (χ0) is 39.3. The van der Waals surface area contributed by atoms with Crippen LogP contribution in [-0.2, 0) is 49.0 Å². The molecule has 13 heteroatoms. The van der Waals surface area contributed by atoms with E-state index in [9.17, 15) is 32.2 Å². The van der Waals surface area contributed by atoms with Gasteiger partial charge in [-0.2, -0.15) is 8.42 Å². The van der Waals surface area contributed by atoms with Crippen LogP contribution in [0.5, 0.6) is 0 Å². The molecule has 0 amide bonds. The first-order valence-electron chi connectivity index (χ1n) is 18.9. The van der Waals surface area contributed by atoms with Gasteiger partial charge in [0.1, 0.15) is 18.3 Å². The number of anilines is 4. The molecular weight excluding hydrogens is 772 g/mol. The number of hydrogen-bond donors (Lipinski definition) is 3. The Kier molecular flexibility index (Phi) is 14.7. The molecule has 0 aromatic heterocycles. The number of benzene rings is 4. The zero-order valence-corrected chi connectivity index (χ0v) is 33.6. The highest BCUT2D eigenvalue weighted by Gasteiger charge is 2.40. The average Bonchev–Trinajstić information content (AvgIpc) is 3.41. The zero-order valence-electron chi connectivity index (χ0n) is 31.2. The average molecular weight is 828 g/mol. The number of aliphatic hydroxyl groups is 3. The molecule has 2 heterocycles. The van der Waals surface area contributed by atoms with Gasteiger partial charge in [-0.3, -0.25) is 4.18 Å². The molecule has 2 unspecified atom stereocenters. The Labute approximate surface area is 337 Å². The van der Waals surface area contributed by atoms with Crippen LogP contribution in [0.3, 0.4) is 0 Å². The van der Waals surface area contributed by atoms with Crippen molar-refractivity contribution in [3.05, 3.63) is 119 Å². The monoisotopic (exact) mass is 826 g/mol. The standard InChI is InChI=1S/C21H25NO4S.C20H23NO2.CH3ClO2S.CH4/c1-27(24,25)26-20-12-6-11-19(21(20)23)22-17-9-4-2-7-15(17)13-14-16-8-3-5-10-18(16)22;22-19-11-5-10-18(20(19)23)21-16-8-3-1-6-14(16)12-13-15-7-2-4-9-17(15)21;1-5(2,3)4;/h2-5,7-10,19-21,23H,6,11-14H2,1H3;1-4,6-9,18-20,22-23H,5,10-13H2;1H3;1H4/t19?,20-,21+;18?,19-,20+;;/m11../s1. The van der Waals surface area contributed by atoms with Gasteiger partial charge in [-0.15, -0.1) is 0 Å². The van der Waals surface area contributed by atoms with Crippen molar-refractivity contribution >= 4 is 52.6 Å². The van der Waals surface area contributed by atoms with Crippen LogP contribution < -0.4 is 9.80 Å². The Bertz CT molecular complexity index is 2050. The van der Waals surface area contributed by atoms with E-state index in [1.54, 1.807) is 0 Å². The summed E-state index contributed by atoms with van der Waals surface area (Å²) in [5, 5.41) is 31.9. The minimum absolute atomic E-state index is 0. The van der Waals surface area contributed by atoms with Gasteiger partial charge < -0.3 is 25.1 Å². The molecule has 2 aliphatic carbocycles. The summed E-state index contributed by atoms with van der Waals surface area (Å²) < 4.78 is 47.3. The highest BCUT2D eigenvalue weighted by Crippen LogP contribution is 2.43. The van der Waals surface area contributed by atoms with Crippen molar-refractivity contribution in [3.8, 4) is 0 Å². The highest BCUT2D eigenvalue weighted by atomic mass is 35.7. The summed E-state index contributed by atoms with van der Waals surface area (Å²) in [5.74, 6) is 0. The SMILES string of the molecule is C.CS(=O)(=O)Cl.CS(=O)(=O)O[C@@H]1CCCC(N2c3ccccc3CCc3ccccc32)[C@@H]1O.O[C@@H]1CCCC(N2c3ccccc3CCc3ccccc32)[C@@H]1O. The van der Waals surface area contributed by atoms with Crippen LogP contribution in [0.1, 0.15) is 68.2 Å². The maximum Gasteiger partial charge on any atom is 0.264 e. The van der Waals surface area contributed by atoms with Gasteiger partial charge in [0.15, 0.2) is 0 Å². The molecule has 0 spiro atoms. The van der Waals surface area contributed by atoms with Crippen LogP contribution >= 0.6 is 10.7 Å². The summed E-state index contributed by atoms with van der Waals surface area (Å²) in [5.41, 5.74) is 9.65.